The molecule has 2 aliphatic rings. The lowest BCUT2D eigenvalue weighted by Gasteiger charge is -2.50. The van der Waals surface area contributed by atoms with Gasteiger partial charge in [0.05, 0.1) is 32.4 Å². The van der Waals surface area contributed by atoms with Gasteiger partial charge in [0.15, 0.2) is 0 Å². The van der Waals surface area contributed by atoms with Crippen LogP contribution in [0.1, 0.15) is 18.1 Å². The van der Waals surface area contributed by atoms with E-state index in [2.05, 4.69) is 5.32 Å². The fourth-order valence-corrected chi connectivity index (χ4v) is 5.86. The van der Waals surface area contributed by atoms with E-state index in [-0.39, 0.29) is 29.4 Å². The standard InChI is InChI=1S/C23H20ClN3O7S/c1-13-18(24)20(23(30)34-12-15-7-9-16(10-8-15)27(31)32)26-21(29)19(22(26)35(13)33)25-17(28)11-14-5-3-2-4-6-14/h2-10,13,19,22H,11-12H2,1H3,(H,25,28)/t13?,19?,22-,35?/m1/s1. The molecule has 2 aromatic rings. The smallest absolute Gasteiger partial charge is 0.356 e. The number of ether oxygens (including phenoxy) is 1. The Morgan fingerprint density at radius 3 is 2.43 bits per heavy atom. The number of fused-ring (bicyclic) bond motifs is 1. The van der Waals surface area contributed by atoms with Gasteiger partial charge in [0, 0.05) is 12.1 Å². The molecule has 1 fully saturated rings. The summed E-state index contributed by atoms with van der Waals surface area (Å²) in [6, 6.07) is 13.3. The van der Waals surface area contributed by atoms with Crippen molar-refractivity contribution >= 4 is 45.9 Å². The van der Waals surface area contributed by atoms with Crippen LogP contribution in [0.15, 0.2) is 65.3 Å². The highest BCUT2D eigenvalue weighted by atomic mass is 35.5. The van der Waals surface area contributed by atoms with Crippen LogP contribution in [-0.4, -0.2) is 48.5 Å². The molecule has 2 heterocycles. The fourth-order valence-electron chi connectivity index (χ4n) is 3.82. The Kier molecular flexibility index (Phi) is 6.99. The van der Waals surface area contributed by atoms with Crippen molar-refractivity contribution in [3.8, 4) is 0 Å². The maximum atomic E-state index is 13.0. The third-order valence-electron chi connectivity index (χ3n) is 5.69. The average Bonchev–Trinajstić information content (AvgIpc) is 2.85. The highest BCUT2D eigenvalue weighted by Gasteiger charge is 2.59. The first-order valence-electron chi connectivity index (χ1n) is 10.5. The van der Waals surface area contributed by atoms with Gasteiger partial charge in [0.1, 0.15) is 23.7 Å². The lowest BCUT2D eigenvalue weighted by atomic mass is 10.0. The van der Waals surface area contributed by atoms with Gasteiger partial charge in [-0.2, -0.15) is 0 Å². The van der Waals surface area contributed by atoms with Crippen molar-refractivity contribution in [3.05, 3.63) is 86.6 Å². The first kappa shape index (κ1) is 24.6. The number of nitrogens with one attached hydrogen (secondary N) is 1. The molecule has 1 N–H and O–H groups in total. The van der Waals surface area contributed by atoms with Gasteiger partial charge in [-0.3, -0.25) is 28.8 Å². The van der Waals surface area contributed by atoms with Gasteiger partial charge in [0.2, 0.25) is 5.91 Å². The second kappa shape index (κ2) is 9.96. The van der Waals surface area contributed by atoms with E-state index < -0.39 is 50.2 Å². The molecule has 2 aliphatic heterocycles. The summed E-state index contributed by atoms with van der Waals surface area (Å²) in [6.45, 7) is 1.34. The molecule has 0 bridgehead atoms. The van der Waals surface area contributed by atoms with Crippen LogP contribution < -0.4 is 5.32 Å². The zero-order valence-corrected chi connectivity index (χ0v) is 20.0. The summed E-state index contributed by atoms with van der Waals surface area (Å²) in [4.78, 5) is 49.5. The summed E-state index contributed by atoms with van der Waals surface area (Å²) in [5.41, 5.74) is 0.920. The molecule has 1 saturated heterocycles. The molecule has 35 heavy (non-hydrogen) atoms. The molecule has 0 spiro atoms. The number of amides is 2. The number of esters is 1. The van der Waals surface area contributed by atoms with Crippen molar-refractivity contribution in [2.45, 2.75) is 36.6 Å². The van der Waals surface area contributed by atoms with Gasteiger partial charge in [-0.15, -0.1) is 0 Å². The van der Waals surface area contributed by atoms with E-state index in [1.807, 2.05) is 6.07 Å². The molecule has 182 valence electrons. The normalized spacial score (nSPS) is 23.3. The molecule has 2 aromatic carbocycles. The van der Waals surface area contributed by atoms with Crippen molar-refractivity contribution in [1.29, 1.82) is 0 Å². The zero-order valence-electron chi connectivity index (χ0n) is 18.4. The highest BCUT2D eigenvalue weighted by Crippen LogP contribution is 2.40. The topological polar surface area (TPSA) is 136 Å². The summed E-state index contributed by atoms with van der Waals surface area (Å²) >= 11 is 6.31. The van der Waals surface area contributed by atoms with Crippen LogP contribution in [0.3, 0.4) is 0 Å². The predicted octanol–water partition coefficient (Wildman–Crippen LogP) is 2.13. The monoisotopic (exact) mass is 517 g/mol. The van der Waals surface area contributed by atoms with Gasteiger partial charge in [-0.1, -0.05) is 41.9 Å². The molecular formula is C23H20ClN3O7S. The molecule has 0 aliphatic carbocycles. The summed E-state index contributed by atoms with van der Waals surface area (Å²) in [5.74, 6) is -1.93. The second-order valence-corrected chi connectivity index (χ2v) is 10.2. The van der Waals surface area contributed by atoms with Crippen molar-refractivity contribution in [3.63, 3.8) is 0 Å². The molecule has 0 radical (unpaired) electrons. The lowest BCUT2D eigenvalue weighted by molar-refractivity contribution is -0.384. The number of carbonyl (C=O) groups excluding carboxylic acids is 3. The third kappa shape index (κ3) is 4.82. The predicted molar refractivity (Wildman–Crippen MR) is 126 cm³/mol. The maximum absolute atomic E-state index is 13.0. The van der Waals surface area contributed by atoms with Crippen LogP contribution in [0, 0.1) is 10.1 Å². The largest absolute Gasteiger partial charge is 0.456 e. The summed E-state index contributed by atoms with van der Waals surface area (Å²) < 4.78 is 18.3. The van der Waals surface area contributed by atoms with Crippen LogP contribution in [0.25, 0.3) is 0 Å². The molecule has 0 saturated carbocycles. The van der Waals surface area contributed by atoms with E-state index in [1.54, 1.807) is 31.2 Å². The van der Waals surface area contributed by atoms with Crippen molar-refractivity contribution in [2.24, 2.45) is 0 Å². The number of β-lactam (4-membered cyclic amide) rings is 1. The SMILES string of the molecule is CC1C(Cl)=C(C(=O)OCc2ccc([N+](=O)[O-])cc2)N2C(=O)C(NC(=O)Cc3ccccc3)[C@H]2S1=O. The number of nitro groups is 1. The average molecular weight is 518 g/mol. The lowest BCUT2D eigenvalue weighted by Crippen LogP contribution is -2.74. The molecule has 3 unspecified atom stereocenters. The Morgan fingerprint density at radius 2 is 1.80 bits per heavy atom. The van der Waals surface area contributed by atoms with Gasteiger partial charge < -0.3 is 10.1 Å². The zero-order chi connectivity index (χ0) is 25.3. The van der Waals surface area contributed by atoms with Crippen molar-refractivity contribution in [1.82, 2.24) is 10.2 Å². The number of nitro benzene ring substituents is 1. The maximum Gasteiger partial charge on any atom is 0.356 e. The van der Waals surface area contributed by atoms with Gasteiger partial charge in [-0.25, -0.2) is 4.79 Å². The first-order chi connectivity index (χ1) is 16.7. The fraction of sp³-hybridized carbons (Fsp3) is 0.261. The van der Waals surface area contributed by atoms with E-state index in [1.165, 1.54) is 24.3 Å². The molecular weight excluding hydrogens is 498 g/mol. The summed E-state index contributed by atoms with van der Waals surface area (Å²) in [7, 11) is -1.67. The number of benzene rings is 2. The molecule has 12 heteroatoms. The molecule has 2 amide bonds. The molecule has 0 aromatic heterocycles. The van der Waals surface area contributed by atoms with E-state index in [0.717, 1.165) is 10.5 Å². The van der Waals surface area contributed by atoms with E-state index >= 15 is 0 Å². The van der Waals surface area contributed by atoms with Crippen molar-refractivity contribution < 1.29 is 28.3 Å². The van der Waals surface area contributed by atoms with E-state index in [4.69, 9.17) is 16.3 Å². The molecule has 4 rings (SSSR count). The Morgan fingerprint density at radius 1 is 1.14 bits per heavy atom. The Labute approximate surface area is 207 Å². The summed E-state index contributed by atoms with van der Waals surface area (Å²) in [5, 5.41) is 11.6. The summed E-state index contributed by atoms with van der Waals surface area (Å²) in [6.07, 6.45) is 0.0419. The van der Waals surface area contributed by atoms with Gasteiger partial charge in [0.25, 0.3) is 11.6 Å². The number of nitrogens with zero attached hydrogens (tertiary/aromatic N) is 2. The minimum atomic E-state index is -1.67. The Hall–Kier alpha value is -3.57. The van der Waals surface area contributed by atoms with Crippen LogP contribution in [0.4, 0.5) is 5.69 Å². The minimum absolute atomic E-state index is 0.0419. The Bertz CT molecular complexity index is 1250. The number of hydrogen-bond acceptors (Lipinski definition) is 7. The first-order valence-corrected chi connectivity index (χ1v) is 12.2. The van der Waals surface area contributed by atoms with Crippen LogP contribution in [-0.2, 0) is 42.9 Å². The minimum Gasteiger partial charge on any atom is -0.456 e. The van der Waals surface area contributed by atoms with Crippen LogP contribution in [0.2, 0.25) is 0 Å². The Balaban J connectivity index is 1.46. The molecule has 4 atom stereocenters. The van der Waals surface area contributed by atoms with Crippen LogP contribution in [0.5, 0.6) is 0 Å². The van der Waals surface area contributed by atoms with Gasteiger partial charge >= 0.3 is 5.97 Å². The number of halogens is 1. The van der Waals surface area contributed by atoms with Crippen LogP contribution >= 0.6 is 11.6 Å². The van der Waals surface area contributed by atoms with Gasteiger partial charge in [-0.05, 0) is 30.2 Å². The number of rotatable bonds is 7. The molecule has 10 nitrogen and oxygen atoms in total. The van der Waals surface area contributed by atoms with E-state index in [9.17, 15) is 28.7 Å². The number of carbonyl (C=O) groups is 3. The third-order valence-corrected chi connectivity index (χ3v) is 8.22. The second-order valence-electron chi connectivity index (χ2n) is 7.97. The number of hydrogen-bond donors (Lipinski definition) is 1. The highest BCUT2D eigenvalue weighted by molar-refractivity contribution is 7.86. The quantitative estimate of drug-likeness (QED) is 0.257. The van der Waals surface area contributed by atoms with E-state index in [0.29, 0.717) is 5.56 Å². The van der Waals surface area contributed by atoms with Crippen molar-refractivity contribution in [2.75, 3.05) is 0 Å². The number of non-ortho nitro benzene ring substituents is 1.